The number of rotatable bonds is 2. The Morgan fingerprint density at radius 3 is 1.86 bits per heavy atom. The normalized spacial score (nSPS) is 12.6. The van der Waals surface area contributed by atoms with E-state index < -0.39 is 0 Å². The quantitative estimate of drug-likeness (QED) is 0.131. The van der Waals surface area contributed by atoms with Crippen molar-refractivity contribution in [2.75, 3.05) is 0 Å². The zero-order valence-corrected chi connectivity index (χ0v) is 27.9. The Hall–Kier alpha value is -4.21. The van der Waals surface area contributed by atoms with Crippen LogP contribution in [-0.2, 0) is 31.9 Å². The zero-order valence-electron chi connectivity index (χ0n) is 25.6. The molecule has 4 aromatic carbocycles. The number of nitrogens with zero attached hydrogens (tertiary/aromatic N) is 4. The van der Waals surface area contributed by atoms with Crippen LogP contribution in [-0.4, -0.2) is 18.8 Å². The van der Waals surface area contributed by atoms with E-state index in [1.165, 1.54) is 27.4 Å². The summed E-state index contributed by atoms with van der Waals surface area (Å²) in [5.74, 6) is 1.24. The first kappa shape index (κ1) is 28.6. The van der Waals surface area contributed by atoms with Gasteiger partial charge in [-0.2, -0.15) is 0 Å². The van der Waals surface area contributed by atoms with Gasteiger partial charge in [0.05, 0.1) is 11.3 Å². The summed E-state index contributed by atoms with van der Waals surface area (Å²) in [6, 6.07) is 28.4. The van der Waals surface area contributed by atoms with Gasteiger partial charge in [0.2, 0.25) is 0 Å². The molecule has 44 heavy (non-hydrogen) atoms. The van der Waals surface area contributed by atoms with E-state index in [1.807, 2.05) is 36.9 Å². The molecule has 0 bridgehead atoms. The fraction of sp³-hybridized carbons (Fsp3) is 0.211. The smallest absolute Gasteiger partial charge is 0.497 e. The van der Waals surface area contributed by atoms with Gasteiger partial charge < -0.3 is 13.5 Å². The Balaban J connectivity index is 0.00000312. The Morgan fingerprint density at radius 1 is 0.614 bits per heavy atom. The number of pyridine rings is 2. The fourth-order valence-corrected chi connectivity index (χ4v) is 6.60. The number of hydrogen-bond donors (Lipinski definition) is 0. The van der Waals surface area contributed by atoms with Crippen LogP contribution in [0.25, 0.3) is 54.6 Å². The van der Waals surface area contributed by atoms with Gasteiger partial charge >= 0.3 is 21.1 Å². The maximum atomic E-state index is 6.46. The van der Waals surface area contributed by atoms with Gasteiger partial charge in [0, 0.05) is 47.3 Å². The van der Waals surface area contributed by atoms with Gasteiger partial charge in [-0.1, -0.05) is 118 Å². The molecule has 0 unspecified atom stereocenters. The molecular formula is C38H32N4OPt. The third-order valence-corrected chi connectivity index (χ3v) is 8.54. The van der Waals surface area contributed by atoms with Crippen molar-refractivity contribution >= 4 is 54.6 Å². The molecule has 0 aliphatic rings. The molecule has 8 rings (SSSR count). The molecule has 220 valence electrons. The van der Waals surface area contributed by atoms with Gasteiger partial charge in [-0.3, -0.25) is 9.97 Å². The topological polar surface area (TPSA) is 43.8 Å². The molecule has 0 amide bonds. The van der Waals surface area contributed by atoms with Crippen LogP contribution in [0.15, 0.2) is 85.5 Å². The molecule has 0 saturated carbocycles. The van der Waals surface area contributed by atoms with Crippen LogP contribution in [0.3, 0.4) is 0 Å². The van der Waals surface area contributed by atoms with Crippen LogP contribution in [0.4, 0.5) is 0 Å². The Bertz CT molecular complexity index is 2400. The summed E-state index contributed by atoms with van der Waals surface area (Å²) in [6.45, 7) is 13.5. The van der Waals surface area contributed by atoms with Gasteiger partial charge in [0.25, 0.3) is 0 Å². The molecule has 0 spiro atoms. The zero-order chi connectivity index (χ0) is 29.7. The summed E-state index contributed by atoms with van der Waals surface area (Å²) in [7, 11) is 0. The van der Waals surface area contributed by atoms with Crippen LogP contribution in [0.1, 0.15) is 52.7 Å². The first-order valence-electron chi connectivity index (χ1n) is 14.8. The van der Waals surface area contributed by atoms with Crippen molar-refractivity contribution in [1.82, 2.24) is 18.8 Å². The van der Waals surface area contributed by atoms with E-state index >= 15 is 0 Å². The van der Waals surface area contributed by atoms with Gasteiger partial charge in [-0.05, 0) is 38.8 Å². The van der Waals surface area contributed by atoms with Crippen LogP contribution in [0, 0.1) is 12.1 Å². The Kier molecular flexibility index (Phi) is 6.43. The largest absolute Gasteiger partial charge is 2.00 e. The van der Waals surface area contributed by atoms with Crippen molar-refractivity contribution in [2.45, 2.75) is 52.4 Å². The molecule has 5 nitrogen and oxygen atoms in total. The molecule has 0 saturated heterocycles. The number of fused-ring (bicyclic) bond motifs is 12. The second kappa shape index (κ2) is 9.90. The first-order valence-corrected chi connectivity index (χ1v) is 14.8. The van der Waals surface area contributed by atoms with E-state index in [0.717, 1.165) is 38.4 Å². The van der Waals surface area contributed by atoms with Crippen molar-refractivity contribution < 1.29 is 25.8 Å². The first-order chi connectivity index (χ1) is 20.6. The van der Waals surface area contributed by atoms with Gasteiger partial charge in [0.15, 0.2) is 0 Å². The third-order valence-electron chi connectivity index (χ3n) is 8.54. The number of hydrogen-bond acceptors (Lipinski definition) is 3. The predicted octanol–water partition coefficient (Wildman–Crippen LogP) is 9.58. The van der Waals surface area contributed by atoms with Crippen molar-refractivity contribution in [3.63, 3.8) is 0 Å². The van der Waals surface area contributed by atoms with E-state index in [2.05, 4.69) is 111 Å². The summed E-state index contributed by atoms with van der Waals surface area (Å²) in [5, 5.41) is 6.49. The summed E-state index contributed by atoms with van der Waals surface area (Å²) in [5.41, 5.74) is 6.60. The molecular weight excluding hydrogens is 724 g/mol. The average Bonchev–Trinajstić information content (AvgIpc) is 3.67. The van der Waals surface area contributed by atoms with Crippen LogP contribution < -0.4 is 4.74 Å². The minimum absolute atomic E-state index is 0. The van der Waals surface area contributed by atoms with Crippen LogP contribution in [0.5, 0.6) is 11.5 Å². The number of para-hydroxylation sites is 1. The Morgan fingerprint density at radius 2 is 1.18 bits per heavy atom. The number of aromatic nitrogens is 4. The van der Waals surface area contributed by atoms with Crippen molar-refractivity contribution in [2.24, 2.45) is 0 Å². The fourth-order valence-electron chi connectivity index (χ4n) is 6.60. The maximum Gasteiger partial charge on any atom is 2.00 e. The Labute approximate surface area is 270 Å². The molecule has 0 atom stereocenters. The van der Waals surface area contributed by atoms with Crippen molar-refractivity contribution in [1.29, 1.82) is 0 Å². The average molecular weight is 756 g/mol. The number of benzene rings is 4. The van der Waals surface area contributed by atoms with E-state index in [4.69, 9.17) is 14.7 Å². The second-order valence-corrected chi connectivity index (χ2v) is 13.5. The molecule has 0 radical (unpaired) electrons. The molecule has 4 aromatic heterocycles. The van der Waals surface area contributed by atoms with E-state index in [1.54, 1.807) is 0 Å². The van der Waals surface area contributed by atoms with Crippen molar-refractivity contribution in [3.8, 4) is 11.5 Å². The standard InChI is InChI=1S/C38H32N4O.Pt/c1-37(2,3)30-10-8-12-32-33(30)26-16-14-24(22-29(26)35-39-17-19-41(32)35)43-23-13-15-25-27-9-7-11-31(38(4,5)6)34(27)42-20-18-40-36(42)28(25)21-23;/h7-20H,1-6H3;/q-2;+2. The molecule has 8 aromatic rings. The van der Waals surface area contributed by atoms with Crippen LogP contribution >= 0.6 is 0 Å². The van der Waals surface area contributed by atoms with Gasteiger partial charge in [-0.25, -0.2) is 0 Å². The minimum atomic E-state index is -0.0219. The molecule has 0 aliphatic heterocycles. The van der Waals surface area contributed by atoms with Crippen molar-refractivity contribution in [3.05, 3.63) is 109 Å². The monoisotopic (exact) mass is 755 g/mol. The molecule has 0 aliphatic carbocycles. The van der Waals surface area contributed by atoms with E-state index in [0.29, 0.717) is 11.5 Å². The SMILES string of the molecule is CC(C)(C)c1cccc2c1c1ccc(Oc3[c-]c4c(cc3)c3cccc(C(C)(C)C)c3n3ccnc43)[c-]c1c1nccn21.[Pt+2]. The molecule has 0 fully saturated rings. The van der Waals surface area contributed by atoms with Gasteiger partial charge in [-0.15, -0.1) is 12.1 Å². The summed E-state index contributed by atoms with van der Waals surface area (Å²) >= 11 is 0. The summed E-state index contributed by atoms with van der Waals surface area (Å²) in [6.07, 6.45) is 7.77. The second-order valence-electron chi connectivity index (χ2n) is 13.5. The molecule has 6 heteroatoms. The van der Waals surface area contributed by atoms with E-state index in [9.17, 15) is 0 Å². The van der Waals surface area contributed by atoms with Crippen LogP contribution in [0.2, 0.25) is 0 Å². The molecule has 0 N–H and O–H groups in total. The third kappa shape index (κ3) is 4.24. The number of imidazole rings is 2. The summed E-state index contributed by atoms with van der Waals surface area (Å²) < 4.78 is 10.8. The van der Waals surface area contributed by atoms with Gasteiger partial charge in [0.1, 0.15) is 0 Å². The minimum Gasteiger partial charge on any atom is -0.497 e. The number of ether oxygens (including phenoxy) is 1. The maximum absolute atomic E-state index is 6.46. The predicted molar refractivity (Wildman–Crippen MR) is 176 cm³/mol. The molecule has 4 heterocycles. The van der Waals surface area contributed by atoms with E-state index in [-0.39, 0.29) is 31.9 Å². The summed E-state index contributed by atoms with van der Waals surface area (Å²) in [4.78, 5) is 9.47.